The molecule has 0 aliphatic rings. The minimum absolute atomic E-state index is 0.0214. The SMILES string of the molecule is Cc1cc2nc(C(F)(F)F)ccc2c(Br)c1[C@H](COC(=O)C(C)(C)C)OC(C)(C)C. The van der Waals surface area contributed by atoms with Gasteiger partial charge in [0.15, 0.2) is 0 Å². The summed E-state index contributed by atoms with van der Waals surface area (Å²) in [6, 6.07) is 3.92. The second kappa shape index (κ2) is 8.46. The molecule has 0 amide bonds. The standard InChI is InChI=1S/C22H27BrF3NO3/c1-12-10-14-13(8-9-16(27-14)22(24,25)26)18(23)17(12)15(30-21(5,6)7)11-29-19(28)20(2,3)4/h8-10,15H,11H2,1-7H3/t15-/m0/s1. The fraction of sp³-hybridized carbons (Fsp3) is 0.545. The molecular weight excluding hydrogens is 463 g/mol. The Labute approximate surface area is 183 Å². The lowest BCUT2D eigenvalue weighted by Crippen LogP contribution is -2.30. The Kier molecular flexibility index (Phi) is 6.94. The number of pyridine rings is 1. The van der Waals surface area contributed by atoms with Crippen molar-refractivity contribution in [1.82, 2.24) is 4.98 Å². The van der Waals surface area contributed by atoms with Gasteiger partial charge >= 0.3 is 12.1 Å². The van der Waals surface area contributed by atoms with Gasteiger partial charge in [-0.15, -0.1) is 0 Å². The molecule has 0 radical (unpaired) electrons. The quantitative estimate of drug-likeness (QED) is 0.444. The van der Waals surface area contributed by atoms with Crippen LogP contribution in [0.1, 0.15) is 64.5 Å². The van der Waals surface area contributed by atoms with Gasteiger partial charge < -0.3 is 9.47 Å². The van der Waals surface area contributed by atoms with Crippen LogP contribution >= 0.6 is 15.9 Å². The monoisotopic (exact) mass is 489 g/mol. The van der Waals surface area contributed by atoms with Crippen molar-refractivity contribution >= 4 is 32.8 Å². The van der Waals surface area contributed by atoms with Crippen LogP contribution in [0, 0.1) is 12.3 Å². The molecule has 0 unspecified atom stereocenters. The normalized spacial score (nSPS) is 14.1. The van der Waals surface area contributed by atoms with E-state index in [1.54, 1.807) is 33.8 Å². The van der Waals surface area contributed by atoms with Crippen LogP contribution in [0.3, 0.4) is 0 Å². The van der Waals surface area contributed by atoms with Crippen LogP contribution in [0.5, 0.6) is 0 Å². The predicted octanol–water partition coefficient (Wildman–Crippen LogP) is 6.77. The second-order valence-corrected chi connectivity index (χ2v) is 10.0. The number of alkyl halides is 3. The molecule has 2 aromatic rings. The summed E-state index contributed by atoms with van der Waals surface area (Å²) in [7, 11) is 0. The molecule has 2 rings (SSSR count). The summed E-state index contributed by atoms with van der Waals surface area (Å²) in [6.45, 7) is 12.7. The maximum absolute atomic E-state index is 13.0. The van der Waals surface area contributed by atoms with E-state index >= 15 is 0 Å². The first kappa shape index (κ1) is 24.6. The Morgan fingerprint density at radius 1 is 1.13 bits per heavy atom. The van der Waals surface area contributed by atoms with Crippen molar-refractivity contribution in [2.24, 2.45) is 5.41 Å². The molecule has 0 saturated heterocycles. The number of aromatic nitrogens is 1. The van der Waals surface area contributed by atoms with Gasteiger partial charge in [-0.3, -0.25) is 4.79 Å². The van der Waals surface area contributed by atoms with Gasteiger partial charge in [-0.2, -0.15) is 13.2 Å². The van der Waals surface area contributed by atoms with Crippen LogP contribution in [0.15, 0.2) is 22.7 Å². The molecule has 1 aromatic heterocycles. The van der Waals surface area contributed by atoms with Crippen LogP contribution in [-0.2, 0) is 20.4 Å². The number of halogens is 4. The number of nitrogens with zero attached hydrogens (tertiary/aromatic N) is 1. The van der Waals surface area contributed by atoms with Crippen LogP contribution in [0.4, 0.5) is 13.2 Å². The van der Waals surface area contributed by atoms with Crippen molar-refractivity contribution in [3.05, 3.63) is 39.5 Å². The highest BCUT2D eigenvalue weighted by atomic mass is 79.9. The van der Waals surface area contributed by atoms with Gasteiger partial charge in [0.2, 0.25) is 0 Å². The Morgan fingerprint density at radius 2 is 1.73 bits per heavy atom. The third-order valence-corrected chi connectivity index (χ3v) is 5.12. The van der Waals surface area contributed by atoms with Gasteiger partial charge in [0.1, 0.15) is 18.4 Å². The molecule has 8 heteroatoms. The van der Waals surface area contributed by atoms with E-state index in [0.29, 0.717) is 21.0 Å². The summed E-state index contributed by atoms with van der Waals surface area (Å²) in [5.74, 6) is -0.365. The zero-order valence-electron chi connectivity index (χ0n) is 18.2. The Hall–Kier alpha value is -1.67. The number of esters is 1. The molecule has 1 heterocycles. The average Bonchev–Trinajstić information content (AvgIpc) is 2.55. The minimum atomic E-state index is -4.52. The van der Waals surface area contributed by atoms with Crippen molar-refractivity contribution in [2.45, 2.75) is 66.3 Å². The number of ether oxygens (including phenoxy) is 2. The number of rotatable bonds is 4. The first-order valence-corrected chi connectivity index (χ1v) is 10.3. The van der Waals surface area contributed by atoms with Gasteiger partial charge in [-0.05, 0) is 88.2 Å². The van der Waals surface area contributed by atoms with E-state index in [1.807, 2.05) is 20.8 Å². The fourth-order valence-corrected chi connectivity index (χ4v) is 3.80. The molecule has 0 fully saturated rings. The highest BCUT2D eigenvalue weighted by Crippen LogP contribution is 2.39. The van der Waals surface area contributed by atoms with Crippen LogP contribution < -0.4 is 0 Å². The van der Waals surface area contributed by atoms with Gasteiger partial charge in [0, 0.05) is 15.4 Å². The molecule has 4 nitrogen and oxygen atoms in total. The van der Waals surface area contributed by atoms with Gasteiger partial charge in [-0.1, -0.05) is 0 Å². The maximum atomic E-state index is 13.0. The topological polar surface area (TPSA) is 48.4 Å². The lowest BCUT2D eigenvalue weighted by molar-refractivity contribution is -0.162. The highest BCUT2D eigenvalue weighted by Gasteiger charge is 2.33. The second-order valence-electron chi connectivity index (χ2n) is 9.25. The molecule has 0 aliphatic carbocycles. The maximum Gasteiger partial charge on any atom is 0.433 e. The largest absolute Gasteiger partial charge is 0.462 e. The van der Waals surface area contributed by atoms with E-state index in [1.165, 1.54) is 6.07 Å². The molecule has 1 aromatic carbocycles. The number of fused-ring (bicyclic) bond motifs is 1. The number of carbonyl (C=O) groups is 1. The molecular formula is C22H27BrF3NO3. The summed E-state index contributed by atoms with van der Waals surface area (Å²) in [5.41, 5.74) is -0.546. The third-order valence-electron chi connectivity index (χ3n) is 4.26. The van der Waals surface area contributed by atoms with Crippen molar-refractivity contribution in [1.29, 1.82) is 0 Å². The van der Waals surface area contributed by atoms with Crippen LogP contribution in [-0.4, -0.2) is 23.2 Å². The fourth-order valence-electron chi connectivity index (χ4n) is 2.90. The summed E-state index contributed by atoms with van der Waals surface area (Å²) in [5, 5.41) is 0.522. The average molecular weight is 490 g/mol. The zero-order chi connectivity index (χ0) is 23.1. The number of hydrogen-bond donors (Lipinski definition) is 0. The predicted molar refractivity (Wildman–Crippen MR) is 113 cm³/mol. The summed E-state index contributed by atoms with van der Waals surface area (Å²) < 4.78 is 51.4. The number of aryl methyl sites for hydroxylation is 1. The van der Waals surface area contributed by atoms with E-state index < -0.39 is 29.0 Å². The molecule has 0 aliphatic heterocycles. The Morgan fingerprint density at radius 3 is 2.23 bits per heavy atom. The zero-order valence-corrected chi connectivity index (χ0v) is 19.8. The minimum Gasteiger partial charge on any atom is -0.462 e. The number of carbonyl (C=O) groups excluding carboxylic acids is 1. The van der Waals surface area contributed by atoms with Crippen LogP contribution in [0.2, 0.25) is 0 Å². The van der Waals surface area contributed by atoms with Crippen molar-refractivity contribution in [3.63, 3.8) is 0 Å². The molecule has 0 saturated carbocycles. The molecule has 1 atom stereocenters. The smallest absolute Gasteiger partial charge is 0.433 e. The molecule has 0 spiro atoms. The van der Waals surface area contributed by atoms with Crippen molar-refractivity contribution < 1.29 is 27.4 Å². The lowest BCUT2D eigenvalue weighted by Gasteiger charge is -2.30. The van der Waals surface area contributed by atoms with Gasteiger partial charge in [0.25, 0.3) is 0 Å². The van der Waals surface area contributed by atoms with E-state index in [-0.39, 0.29) is 18.1 Å². The number of hydrogen-bond acceptors (Lipinski definition) is 4. The Bertz CT molecular complexity index is 944. The Balaban J connectivity index is 2.53. The third kappa shape index (κ3) is 5.94. The molecule has 166 valence electrons. The summed E-state index contributed by atoms with van der Waals surface area (Å²) in [4.78, 5) is 16.0. The van der Waals surface area contributed by atoms with E-state index in [9.17, 15) is 18.0 Å². The van der Waals surface area contributed by atoms with E-state index in [4.69, 9.17) is 9.47 Å². The molecule has 0 bridgehead atoms. The lowest BCUT2D eigenvalue weighted by atomic mass is 9.97. The highest BCUT2D eigenvalue weighted by molar-refractivity contribution is 9.10. The van der Waals surface area contributed by atoms with Gasteiger partial charge in [-0.25, -0.2) is 4.98 Å². The summed E-state index contributed by atoms with van der Waals surface area (Å²) in [6.07, 6.45) is -5.14. The first-order chi connectivity index (χ1) is 13.5. The number of benzene rings is 1. The summed E-state index contributed by atoms with van der Waals surface area (Å²) >= 11 is 3.52. The van der Waals surface area contributed by atoms with E-state index in [2.05, 4.69) is 20.9 Å². The van der Waals surface area contributed by atoms with Crippen LogP contribution in [0.25, 0.3) is 10.9 Å². The molecule has 0 N–H and O–H groups in total. The molecule has 30 heavy (non-hydrogen) atoms. The van der Waals surface area contributed by atoms with Crippen molar-refractivity contribution in [2.75, 3.05) is 6.61 Å². The van der Waals surface area contributed by atoms with E-state index in [0.717, 1.165) is 6.07 Å². The van der Waals surface area contributed by atoms with Gasteiger partial charge in [0.05, 0.1) is 16.5 Å². The first-order valence-electron chi connectivity index (χ1n) is 9.52. The van der Waals surface area contributed by atoms with Crippen molar-refractivity contribution in [3.8, 4) is 0 Å².